The molecule has 0 saturated carbocycles. The second-order valence-electron chi connectivity index (χ2n) is 2.50. The lowest BCUT2D eigenvalue weighted by Crippen LogP contribution is -2.36. The predicted octanol–water partition coefficient (Wildman–Crippen LogP) is 1.85. The number of guanidine groups is 1. The van der Waals surface area contributed by atoms with Crippen molar-refractivity contribution in [2.45, 2.75) is 0 Å². The highest BCUT2D eigenvalue weighted by Gasteiger charge is 1.99. The van der Waals surface area contributed by atoms with E-state index in [1.54, 1.807) is 25.2 Å². The summed E-state index contributed by atoms with van der Waals surface area (Å²) in [4.78, 5) is 3.84. The molecule has 0 bridgehead atoms. The Kier molecular flexibility index (Phi) is 4.00. The van der Waals surface area contributed by atoms with Crippen molar-refractivity contribution in [1.82, 2.24) is 5.43 Å². The molecular formula is C8H10Cl2N4. The van der Waals surface area contributed by atoms with Gasteiger partial charge >= 0.3 is 0 Å². The van der Waals surface area contributed by atoms with Crippen molar-refractivity contribution >= 4 is 34.8 Å². The van der Waals surface area contributed by atoms with E-state index in [1.807, 2.05) is 0 Å². The molecule has 0 amide bonds. The molecule has 76 valence electrons. The lowest BCUT2D eigenvalue weighted by Gasteiger charge is -2.08. The Bertz CT molecular complexity index is 331. The zero-order valence-electron chi connectivity index (χ0n) is 7.51. The molecule has 0 spiro atoms. The molecule has 1 rings (SSSR count). The van der Waals surface area contributed by atoms with Crippen molar-refractivity contribution in [2.24, 2.45) is 10.8 Å². The van der Waals surface area contributed by atoms with Crippen LogP contribution in [-0.4, -0.2) is 13.0 Å². The molecule has 0 aliphatic heterocycles. The second kappa shape index (κ2) is 5.05. The summed E-state index contributed by atoms with van der Waals surface area (Å²) >= 11 is 11.6. The van der Waals surface area contributed by atoms with Crippen molar-refractivity contribution in [3.63, 3.8) is 0 Å². The van der Waals surface area contributed by atoms with E-state index in [0.29, 0.717) is 16.0 Å². The minimum absolute atomic E-state index is 0.434. The van der Waals surface area contributed by atoms with Crippen LogP contribution in [0.15, 0.2) is 23.2 Å². The molecule has 0 heterocycles. The van der Waals surface area contributed by atoms with Crippen LogP contribution in [0.2, 0.25) is 10.0 Å². The Morgan fingerprint density at radius 2 is 1.86 bits per heavy atom. The maximum absolute atomic E-state index is 5.80. The number of hydrogen-bond donors (Lipinski definition) is 3. The van der Waals surface area contributed by atoms with E-state index < -0.39 is 0 Å². The summed E-state index contributed by atoms with van der Waals surface area (Å²) < 4.78 is 0. The van der Waals surface area contributed by atoms with Gasteiger partial charge in [-0.1, -0.05) is 23.2 Å². The van der Waals surface area contributed by atoms with E-state index in [9.17, 15) is 0 Å². The molecule has 0 aliphatic rings. The molecular weight excluding hydrogens is 223 g/mol. The number of hydrazine groups is 1. The molecule has 0 aliphatic carbocycles. The van der Waals surface area contributed by atoms with Crippen LogP contribution in [0, 0.1) is 0 Å². The SMILES string of the molecule is CN=C(NN)Nc1cc(Cl)cc(Cl)c1. The number of benzene rings is 1. The summed E-state index contributed by atoms with van der Waals surface area (Å²) in [7, 11) is 1.61. The predicted molar refractivity (Wildman–Crippen MR) is 60.8 cm³/mol. The molecule has 1 aromatic carbocycles. The van der Waals surface area contributed by atoms with Crippen LogP contribution in [0.4, 0.5) is 5.69 Å². The zero-order valence-corrected chi connectivity index (χ0v) is 9.02. The molecule has 0 aromatic heterocycles. The summed E-state index contributed by atoms with van der Waals surface area (Å²) in [6.45, 7) is 0. The van der Waals surface area contributed by atoms with Gasteiger partial charge in [0.2, 0.25) is 5.96 Å². The number of nitrogens with two attached hydrogens (primary N) is 1. The fourth-order valence-electron chi connectivity index (χ4n) is 0.919. The minimum atomic E-state index is 0.434. The molecule has 0 radical (unpaired) electrons. The van der Waals surface area contributed by atoms with Crippen molar-refractivity contribution in [2.75, 3.05) is 12.4 Å². The molecule has 1 aromatic rings. The highest BCUT2D eigenvalue weighted by atomic mass is 35.5. The number of nitrogens with zero attached hydrogens (tertiary/aromatic N) is 1. The average Bonchev–Trinajstić information content (AvgIpc) is 2.12. The normalized spacial score (nSPS) is 11.3. The van der Waals surface area contributed by atoms with Gasteiger partial charge in [0, 0.05) is 22.8 Å². The number of halogens is 2. The van der Waals surface area contributed by atoms with Gasteiger partial charge < -0.3 is 5.32 Å². The number of rotatable bonds is 1. The summed E-state index contributed by atoms with van der Waals surface area (Å²) in [5, 5.41) is 4.00. The van der Waals surface area contributed by atoms with Crippen molar-refractivity contribution < 1.29 is 0 Å². The van der Waals surface area contributed by atoms with Gasteiger partial charge in [0.15, 0.2) is 0 Å². The van der Waals surface area contributed by atoms with E-state index in [-0.39, 0.29) is 0 Å². The third kappa shape index (κ3) is 3.06. The summed E-state index contributed by atoms with van der Waals surface area (Å²) in [6, 6.07) is 5.08. The Morgan fingerprint density at radius 3 is 2.29 bits per heavy atom. The fourth-order valence-corrected chi connectivity index (χ4v) is 1.45. The van der Waals surface area contributed by atoms with Gasteiger partial charge in [0.05, 0.1) is 0 Å². The molecule has 0 atom stereocenters. The second-order valence-corrected chi connectivity index (χ2v) is 3.37. The van der Waals surface area contributed by atoms with Crippen LogP contribution >= 0.6 is 23.2 Å². The average molecular weight is 233 g/mol. The molecule has 0 unspecified atom stereocenters. The Balaban J connectivity index is 2.86. The standard InChI is InChI=1S/C8H10Cl2N4/c1-12-8(14-11)13-7-3-5(9)2-6(10)4-7/h2-4H,11H2,1H3,(H2,12,13,14). The van der Waals surface area contributed by atoms with Crippen molar-refractivity contribution in [3.05, 3.63) is 28.2 Å². The molecule has 0 saturated heterocycles. The summed E-state index contributed by atoms with van der Waals surface area (Å²) in [5.41, 5.74) is 3.12. The molecule has 4 N–H and O–H groups in total. The van der Waals surface area contributed by atoms with Crippen LogP contribution in [0.25, 0.3) is 0 Å². The third-order valence-corrected chi connectivity index (χ3v) is 1.92. The van der Waals surface area contributed by atoms with Crippen LogP contribution in [0.1, 0.15) is 0 Å². The number of hydrogen-bond acceptors (Lipinski definition) is 2. The van der Waals surface area contributed by atoms with E-state index >= 15 is 0 Å². The minimum Gasteiger partial charge on any atom is -0.325 e. The van der Waals surface area contributed by atoms with Gasteiger partial charge in [0.1, 0.15) is 0 Å². The fraction of sp³-hybridized carbons (Fsp3) is 0.125. The smallest absolute Gasteiger partial charge is 0.209 e. The highest BCUT2D eigenvalue weighted by molar-refractivity contribution is 6.35. The van der Waals surface area contributed by atoms with Crippen LogP contribution < -0.4 is 16.6 Å². The lowest BCUT2D eigenvalue weighted by atomic mass is 10.3. The molecule has 4 nitrogen and oxygen atoms in total. The summed E-state index contributed by atoms with van der Waals surface area (Å²) in [5.74, 6) is 5.63. The van der Waals surface area contributed by atoms with Crippen molar-refractivity contribution in [3.8, 4) is 0 Å². The quantitative estimate of drug-likeness (QED) is 0.300. The third-order valence-electron chi connectivity index (χ3n) is 1.49. The van der Waals surface area contributed by atoms with Crippen LogP contribution in [0.3, 0.4) is 0 Å². The van der Waals surface area contributed by atoms with Gasteiger partial charge in [-0.2, -0.15) is 0 Å². The van der Waals surface area contributed by atoms with Gasteiger partial charge in [-0.15, -0.1) is 0 Å². The lowest BCUT2D eigenvalue weighted by molar-refractivity contribution is 1.01. The number of aliphatic imine (C=N–C) groups is 1. The summed E-state index contributed by atoms with van der Waals surface area (Å²) in [6.07, 6.45) is 0. The van der Waals surface area contributed by atoms with Crippen molar-refractivity contribution in [1.29, 1.82) is 0 Å². The highest BCUT2D eigenvalue weighted by Crippen LogP contribution is 2.22. The van der Waals surface area contributed by atoms with E-state index in [4.69, 9.17) is 29.0 Å². The van der Waals surface area contributed by atoms with Gasteiger partial charge in [-0.25, -0.2) is 5.84 Å². The van der Waals surface area contributed by atoms with Crippen LogP contribution in [0.5, 0.6) is 0 Å². The molecule has 6 heteroatoms. The van der Waals surface area contributed by atoms with Gasteiger partial charge in [-0.3, -0.25) is 10.4 Å². The molecule has 14 heavy (non-hydrogen) atoms. The first-order valence-electron chi connectivity index (χ1n) is 3.82. The van der Waals surface area contributed by atoms with Gasteiger partial charge in [0.25, 0.3) is 0 Å². The molecule has 0 fully saturated rings. The van der Waals surface area contributed by atoms with E-state index in [1.165, 1.54) is 0 Å². The maximum atomic E-state index is 5.80. The number of nitrogens with one attached hydrogen (secondary N) is 2. The zero-order chi connectivity index (χ0) is 10.6. The largest absolute Gasteiger partial charge is 0.325 e. The van der Waals surface area contributed by atoms with Crippen LogP contribution in [-0.2, 0) is 0 Å². The first-order valence-corrected chi connectivity index (χ1v) is 4.58. The Morgan fingerprint density at radius 1 is 1.29 bits per heavy atom. The topological polar surface area (TPSA) is 62.4 Å². The monoisotopic (exact) mass is 232 g/mol. The first-order chi connectivity index (χ1) is 6.65. The number of anilines is 1. The van der Waals surface area contributed by atoms with E-state index in [2.05, 4.69) is 15.7 Å². The first kappa shape index (κ1) is 11.1. The Hall–Kier alpha value is -0.970. The maximum Gasteiger partial charge on any atom is 0.209 e. The van der Waals surface area contributed by atoms with Gasteiger partial charge in [-0.05, 0) is 18.2 Å². The Labute approximate surface area is 92.1 Å². The van der Waals surface area contributed by atoms with E-state index in [0.717, 1.165) is 5.69 Å².